The van der Waals surface area contributed by atoms with Crippen LogP contribution < -0.4 is 4.90 Å². The van der Waals surface area contributed by atoms with Gasteiger partial charge in [-0.2, -0.15) is 0 Å². The number of Topliss-reactive ketones (excluding diaryl/α,β-unsaturated/α-hetero) is 1. The van der Waals surface area contributed by atoms with Gasteiger partial charge in [0.15, 0.2) is 5.78 Å². The van der Waals surface area contributed by atoms with Crippen LogP contribution in [0.15, 0.2) is 54.6 Å². The highest BCUT2D eigenvalue weighted by Gasteiger charge is 2.39. The standard InChI is InChI=1S/C24H32N2O3/c1-6-24(25(3)4,18-20-10-8-7-9-11-20)23(28)21-12-14-22(15-13-21)26(5)16-17-29-19(2)27/h7-15H,6,16-18H2,1-5H3. The highest BCUT2D eigenvalue weighted by molar-refractivity contribution is 6.03. The van der Waals surface area contributed by atoms with Crippen molar-refractivity contribution in [2.75, 3.05) is 39.2 Å². The zero-order valence-corrected chi connectivity index (χ0v) is 18.1. The van der Waals surface area contributed by atoms with Crippen molar-refractivity contribution in [3.8, 4) is 0 Å². The Morgan fingerprint density at radius 1 is 0.966 bits per heavy atom. The van der Waals surface area contributed by atoms with Crippen molar-refractivity contribution in [3.05, 3.63) is 65.7 Å². The fraction of sp³-hybridized carbons (Fsp3) is 0.417. The molecular weight excluding hydrogens is 364 g/mol. The number of hydrogen-bond donors (Lipinski definition) is 0. The lowest BCUT2D eigenvalue weighted by atomic mass is 9.80. The number of carbonyl (C=O) groups excluding carboxylic acids is 2. The van der Waals surface area contributed by atoms with E-state index in [1.165, 1.54) is 6.92 Å². The summed E-state index contributed by atoms with van der Waals surface area (Å²) in [5, 5.41) is 0. The second kappa shape index (κ2) is 10.2. The van der Waals surface area contributed by atoms with Crippen LogP contribution in [0.2, 0.25) is 0 Å². The number of rotatable bonds is 10. The zero-order chi connectivity index (χ0) is 21.4. The molecule has 0 saturated heterocycles. The number of benzene rings is 2. The molecule has 0 spiro atoms. The molecule has 0 aliphatic carbocycles. The predicted molar refractivity (Wildman–Crippen MR) is 118 cm³/mol. The minimum Gasteiger partial charge on any atom is -0.464 e. The summed E-state index contributed by atoms with van der Waals surface area (Å²) in [6.07, 6.45) is 1.39. The van der Waals surface area contributed by atoms with Crippen LogP contribution in [0, 0.1) is 0 Å². The van der Waals surface area contributed by atoms with Crippen LogP contribution in [0.5, 0.6) is 0 Å². The van der Waals surface area contributed by atoms with E-state index < -0.39 is 5.54 Å². The summed E-state index contributed by atoms with van der Waals surface area (Å²) >= 11 is 0. The Balaban J connectivity index is 2.20. The topological polar surface area (TPSA) is 49.9 Å². The fourth-order valence-electron chi connectivity index (χ4n) is 3.57. The summed E-state index contributed by atoms with van der Waals surface area (Å²) in [5.41, 5.74) is 2.24. The lowest BCUT2D eigenvalue weighted by Crippen LogP contribution is -2.52. The van der Waals surface area contributed by atoms with E-state index in [2.05, 4.69) is 19.1 Å². The Labute approximate surface area is 174 Å². The van der Waals surface area contributed by atoms with Crippen molar-refractivity contribution in [3.63, 3.8) is 0 Å². The summed E-state index contributed by atoms with van der Waals surface area (Å²) in [4.78, 5) is 28.5. The van der Waals surface area contributed by atoms with Gasteiger partial charge in [0.05, 0.1) is 12.1 Å². The molecule has 0 heterocycles. The number of ketones is 1. The van der Waals surface area contributed by atoms with Crippen LogP contribution >= 0.6 is 0 Å². The average molecular weight is 397 g/mol. The van der Waals surface area contributed by atoms with E-state index in [0.717, 1.165) is 17.7 Å². The summed E-state index contributed by atoms with van der Waals surface area (Å²) in [7, 11) is 5.88. The maximum atomic E-state index is 13.6. The Kier molecular flexibility index (Phi) is 7.97. The van der Waals surface area contributed by atoms with Crippen LogP contribution in [-0.2, 0) is 16.0 Å². The number of hydrogen-bond acceptors (Lipinski definition) is 5. The molecule has 0 fully saturated rings. The maximum Gasteiger partial charge on any atom is 0.302 e. The van der Waals surface area contributed by atoms with Gasteiger partial charge in [-0.25, -0.2) is 0 Å². The highest BCUT2D eigenvalue weighted by Crippen LogP contribution is 2.28. The second-order valence-corrected chi connectivity index (χ2v) is 7.58. The van der Waals surface area contributed by atoms with Gasteiger partial charge in [-0.05, 0) is 56.8 Å². The number of ether oxygens (including phenoxy) is 1. The molecule has 156 valence electrons. The van der Waals surface area contributed by atoms with Gasteiger partial charge in [-0.3, -0.25) is 14.5 Å². The Hall–Kier alpha value is -2.66. The van der Waals surface area contributed by atoms with Gasteiger partial charge in [0.25, 0.3) is 0 Å². The average Bonchev–Trinajstić information content (AvgIpc) is 2.72. The molecule has 0 saturated carbocycles. The first-order valence-electron chi connectivity index (χ1n) is 10.0. The molecule has 5 nitrogen and oxygen atoms in total. The Bertz CT molecular complexity index is 803. The molecule has 1 unspecified atom stereocenters. The van der Waals surface area contributed by atoms with Crippen LogP contribution in [-0.4, -0.2) is 56.5 Å². The minimum atomic E-state index is -0.593. The van der Waals surface area contributed by atoms with Crippen LogP contribution in [0.4, 0.5) is 5.69 Å². The number of likely N-dealkylation sites (N-methyl/N-ethyl adjacent to an activating group) is 2. The molecule has 5 heteroatoms. The third kappa shape index (κ3) is 5.67. The van der Waals surface area contributed by atoms with Gasteiger partial charge in [-0.1, -0.05) is 37.3 Å². The van der Waals surface area contributed by atoms with Gasteiger partial charge in [-0.15, -0.1) is 0 Å². The van der Waals surface area contributed by atoms with Gasteiger partial charge in [0.2, 0.25) is 0 Å². The van der Waals surface area contributed by atoms with E-state index >= 15 is 0 Å². The van der Waals surface area contributed by atoms with Gasteiger partial charge in [0, 0.05) is 25.2 Å². The molecule has 2 aromatic carbocycles. The molecule has 0 aliphatic heterocycles. The minimum absolute atomic E-state index is 0.128. The highest BCUT2D eigenvalue weighted by atomic mass is 16.5. The molecule has 0 amide bonds. The quantitative estimate of drug-likeness (QED) is 0.451. The summed E-state index contributed by atoms with van der Waals surface area (Å²) in [6.45, 7) is 4.40. The maximum absolute atomic E-state index is 13.6. The van der Waals surface area contributed by atoms with Gasteiger partial charge >= 0.3 is 5.97 Å². The molecular formula is C24H32N2O3. The van der Waals surface area contributed by atoms with Crippen molar-refractivity contribution >= 4 is 17.4 Å². The normalized spacial score (nSPS) is 13.0. The van der Waals surface area contributed by atoms with Crippen molar-refractivity contribution in [1.29, 1.82) is 0 Å². The van der Waals surface area contributed by atoms with E-state index in [0.29, 0.717) is 25.1 Å². The molecule has 0 radical (unpaired) electrons. The van der Waals surface area contributed by atoms with E-state index in [1.54, 1.807) is 0 Å². The monoisotopic (exact) mass is 396 g/mol. The lowest BCUT2D eigenvalue weighted by molar-refractivity contribution is -0.140. The summed E-state index contributed by atoms with van der Waals surface area (Å²) < 4.78 is 5.00. The number of carbonyl (C=O) groups is 2. The fourth-order valence-corrected chi connectivity index (χ4v) is 3.57. The molecule has 0 bridgehead atoms. The van der Waals surface area contributed by atoms with E-state index in [1.807, 2.05) is 73.4 Å². The predicted octanol–water partition coefficient (Wildman–Crippen LogP) is 3.82. The molecule has 0 aromatic heterocycles. The van der Waals surface area contributed by atoms with E-state index in [9.17, 15) is 9.59 Å². The first kappa shape index (κ1) is 22.6. The molecule has 0 aliphatic rings. The summed E-state index contributed by atoms with van der Waals surface area (Å²) in [5.74, 6) is -0.152. The third-order valence-corrected chi connectivity index (χ3v) is 5.51. The van der Waals surface area contributed by atoms with Crippen molar-refractivity contribution in [2.45, 2.75) is 32.2 Å². The smallest absolute Gasteiger partial charge is 0.302 e. The third-order valence-electron chi connectivity index (χ3n) is 5.51. The van der Waals surface area contributed by atoms with Crippen molar-refractivity contribution in [2.24, 2.45) is 0 Å². The first-order chi connectivity index (χ1) is 13.8. The Morgan fingerprint density at radius 3 is 2.10 bits per heavy atom. The number of esters is 1. The number of anilines is 1. The van der Waals surface area contributed by atoms with Gasteiger partial charge < -0.3 is 9.64 Å². The lowest BCUT2D eigenvalue weighted by Gasteiger charge is -2.38. The van der Waals surface area contributed by atoms with Crippen LogP contribution in [0.3, 0.4) is 0 Å². The van der Waals surface area contributed by atoms with E-state index in [-0.39, 0.29) is 11.8 Å². The van der Waals surface area contributed by atoms with Gasteiger partial charge in [0.1, 0.15) is 6.61 Å². The van der Waals surface area contributed by atoms with E-state index in [4.69, 9.17) is 4.74 Å². The van der Waals surface area contributed by atoms with Crippen molar-refractivity contribution in [1.82, 2.24) is 4.90 Å². The molecule has 1 atom stereocenters. The summed E-state index contributed by atoms with van der Waals surface area (Å²) in [6, 6.07) is 17.8. The first-order valence-corrected chi connectivity index (χ1v) is 10.0. The van der Waals surface area contributed by atoms with Crippen molar-refractivity contribution < 1.29 is 14.3 Å². The second-order valence-electron chi connectivity index (χ2n) is 7.58. The Morgan fingerprint density at radius 2 is 1.59 bits per heavy atom. The van der Waals surface area contributed by atoms with Crippen LogP contribution in [0.1, 0.15) is 36.2 Å². The largest absolute Gasteiger partial charge is 0.464 e. The molecule has 29 heavy (non-hydrogen) atoms. The number of nitrogens with zero attached hydrogens (tertiary/aromatic N) is 2. The molecule has 0 N–H and O–H groups in total. The molecule has 2 aromatic rings. The molecule has 2 rings (SSSR count). The zero-order valence-electron chi connectivity index (χ0n) is 18.1. The van der Waals surface area contributed by atoms with Crippen LogP contribution in [0.25, 0.3) is 0 Å². The SMILES string of the molecule is CCC(Cc1ccccc1)(C(=O)c1ccc(N(C)CCOC(C)=O)cc1)N(C)C.